The lowest BCUT2D eigenvalue weighted by molar-refractivity contribution is 0.474. The molecule has 6 nitrogen and oxygen atoms in total. The number of aromatic nitrogens is 5. The second-order valence-electron chi connectivity index (χ2n) is 8.84. The van der Waals surface area contributed by atoms with Crippen LogP contribution in [0.1, 0.15) is 12.7 Å². The maximum atomic E-state index is 6.31. The zero-order chi connectivity index (χ0) is 23.1. The van der Waals surface area contributed by atoms with Crippen molar-refractivity contribution in [2.75, 3.05) is 0 Å². The fourth-order valence-electron chi connectivity index (χ4n) is 5.30. The Bertz CT molecular complexity index is 1980. The van der Waals surface area contributed by atoms with Gasteiger partial charge in [-0.2, -0.15) is 0 Å². The van der Waals surface area contributed by atoms with Gasteiger partial charge in [-0.25, -0.2) is 15.0 Å². The molecule has 0 radical (unpaired) electrons. The second-order valence-corrected chi connectivity index (χ2v) is 8.84. The van der Waals surface area contributed by atoms with Crippen molar-refractivity contribution in [3.8, 4) is 28.6 Å². The van der Waals surface area contributed by atoms with Crippen LogP contribution in [0, 0.1) is 0 Å². The summed E-state index contributed by atoms with van der Waals surface area (Å²) in [6.45, 7) is 2.13. The Labute approximate surface area is 200 Å². The van der Waals surface area contributed by atoms with Crippen molar-refractivity contribution in [2.45, 2.75) is 13.3 Å². The number of rotatable bonds is 2. The monoisotopic (exact) mass is 453 g/mol. The minimum atomic E-state index is 0.814. The van der Waals surface area contributed by atoms with Crippen molar-refractivity contribution in [1.29, 1.82) is 0 Å². The average Bonchev–Trinajstić information content (AvgIpc) is 3.48. The highest BCUT2D eigenvalue weighted by Crippen LogP contribution is 2.43. The highest BCUT2D eigenvalue weighted by atomic mass is 16.5. The van der Waals surface area contributed by atoms with Crippen LogP contribution in [0.15, 0.2) is 84.9 Å². The number of hydrogen-bond donors (Lipinski definition) is 0. The van der Waals surface area contributed by atoms with Crippen LogP contribution in [0.2, 0.25) is 0 Å². The zero-order valence-electron chi connectivity index (χ0n) is 18.9. The predicted octanol–water partition coefficient (Wildman–Crippen LogP) is 6.71. The Morgan fingerprint density at radius 2 is 1.57 bits per heavy atom. The number of benzene rings is 4. The van der Waals surface area contributed by atoms with Crippen LogP contribution in [0.4, 0.5) is 0 Å². The summed E-state index contributed by atoms with van der Waals surface area (Å²) in [4.78, 5) is 15.0. The molecule has 0 bridgehead atoms. The minimum Gasteiger partial charge on any atom is -0.453 e. The molecule has 3 aromatic heterocycles. The zero-order valence-corrected chi connectivity index (χ0v) is 18.9. The molecule has 8 rings (SSSR count). The maximum absolute atomic E-state index is 6.31. The first-order chi connectivity index (χ1) is 17.3. The smallest absolute Gasteiger partial charge is 0.153 e. The van der Waals surface area contributed by atoms with Gasteiger partial charge in [0.05, 0.1) is 27.8 Å². The molecule has 4 heterocycles. The first kappa shape index (κ1) is 18.7. The standard InChI is InChI=1S/C29H19N5O/c1-2-26-30-21-11-7-13-25-27(21)33(26)23-16-17(14-15-24(23)35-25)28-31-19-9-4-3-8-18(19)29-32-20-10-5-6-12-22(20)34(28)29/h3-16H,2H2,1H3. The molecule has 0 amide bonds. The highest BCUT2D eigenvalue weighted by molar-refractivity contribution is 5.98. The molecule has 35 heavy (non-hydrogen) atoms. The molecule has 1 aliphatic rings. The van der Waals surface area contributed by atoms with Crippen LogP contribution in [0.25, 0.3) is 55.7 Å². The number of imidazole rings is 2. The van der Waals surface area contributed by atoms with E-state index in [0.29, 0.717) is 0 Å². The fourth-order valence-corrected chi connectivity index (χ4v) is 5.30. The number of ether oxygens (including phenoxy) is 1. The molecule has 0 unspecified atom stereocenters. The Morgan fingerprint density at radius 3 is 2.49 bits per heavy atom. The van der Waals surface area contributed by atoms with Gasteiger partial charge < -0.3 is 4.74 Å². The van der Waals surface area contributed by atoms with E-state index in [9.17, 15) is 0 Å². The summed E-state index contributed by atoms with van der Waals surface area (Å²) in [6, 6.07) is 28.7. The van der Waals surface area contributed by atoms with Crippen molar-refractivity contribution < 1.29 is 4.74 Å². The summed E-state index contributed by atoms with van der Waals surface area (Å²) in [5.41, 5.74) is 7.75. The van der Waals surface area contributed by atoms with Crippen LogP contribution in [0.5, 0.6) is 11.5 Å². The molecule has 0 N–H and O–H groups in total. The number of para-hydroxylation sites is 4. The van der Waals surface area contributed by atoms with E-state index in [4.69, 9.17) is 19.7 Å². The molecule has 0 aliphatic carbocycles. The van der Waals surface area contributed by atoms with Gasteiger partial charge in [0.2, 0.25) is 0 Å². The van der Waals surface area contributed by atoms with E-state index in [1.807, 2.05) is 60.7 Å². The number of hydrogen-bond acceptors (Lipinski definition) is 4. The Hall–Kier alpha value is -4.71. The third-order valence-electron chi connectivity index (χ3n) is 6.85. The molecule has 7 aromatic rings. The van der Waals surface area contributed by atoms with Gasteiger partial charge in [0.15, 0.2) is 11.5 Å². The molecule has 0 spiro atoms. The van der Waals surface area contributed by atoms with Gasteiger partial charge >= 0.3 is 0 Å². The largest absolute Gasteiger partial charge is 0.453 e. The molecule has 0 fully saturated rings. The van der Waals surface area contributed by atoms with Gasteiger partial charge in [-0.1, -0.05) is 37.3 Å². The summed E-state index contributed by atoms with van der Waals surface area (Å²) in [7, 11) is 0. The third-order valence-corrected chi connectivity index (χ3v) is 6.85. The van der Waals surface area contributed by atoms with E-state index >= 15 is 0 Å². The first-order valence-corrected chi connectivity index (χ1v) is 11.8. The third kappa shape index (κ3) is 2.45. The fraction of sp³-hybridized carbons (Fsp3) is 0.0690. The van der Waals surface area contributed by atoms with Crippen LogP contribution in [-0.2, 0) is 6.42 Å². The molecule has 0 saturated heterocycles. The summed E-state index contributed by atoms with van der Waals surface area (Å²) < 4.78 is 10.7. The topological polar surface area (TPSA) is 57.2 Å². The quantitative estimate of drug-likeness (QED) is 0.292. The van der Waals surface area contributed by atoms with Crippen LogP contribution in [-0.4, -0.2) is 23.9 Å². The average molecular weight is 454 g/mol. The number of fused-ring (bicyclic) bond motifs is 7. The van der Waals surface area contributed by atoms with Crippen molar-refractivity contribution in [3.63, 3.8) is 0 Å². The second kappa shape index (κ2) is 6.67. The van der Waals surface area contributed by atoms with Crippen LogP contribution in [0.3, 0.4) is 0 Å². The molecule has 6 heteroatoms. The summed E-state index contributed by atoms with van der Waals surface area (Å²) in [5, 5.41) is 1.03. The van der Waals surface area contributed by atoms with Crippen molar-refractivity contribution in [3.05, 3.63) is 90.8 Å². The lowest BCUT2D eigenvalue weighted by Crippen LogP contribution is -2.08. The van der Waals surface area contributed by atoms with Crippen molar-refractivity contribution in [2.24, 2.45) is 0 Å². The minimum absolute atomic E-state index is 0.814. The van der Waals surface area contributed by atoms with Crippen LogP contribution < -0.4 is 4.74 Å². The lowest BCUT2D eigenvalue weighted by Gasteiger charge is -2.21. The van der Waals surface area contributed by atoms with Crippen molar-refractivity contribution in [1.82, 2.24) is 23.9 Å². The van der Waals surface area contributed by atoms with Gasteiger partial charge in [-0.3, -0.25) is 8.97 Å². The molecular formula is C29H19N5O. The van der Waals surface area contributed by atoms with Gasteiger partial charge in [-0.05, 0) is 54.6 Å². The van der Waals surface area contributed by atoms with E-state index < -0.39 is 0 Å². The molecule has 0 atom stereocenters. The molecule has 166 valence electrons. The summed E-state index contributed by atoms with van der Waals surface area (Å²) >= 11 is 0. The van der Waals surface area contributed by atoms with E-state index in [-0.39, 0.29) is 0 Å². The van der Waals surface area contributed by atoms with Gasteiger partial charge in [0.1, 0.15) is 22.8 Å². The van der Waals surface area contributed by atoms with E-state index in [2.05, 4.69) is 40.2 Å². The van der Waals surface area contributed by atoms with Gasteiger partial charge in [-0.15, -0.1) is 0 Å². The van der Waals surface area contributed by atoms with E-state index in [1.165, 1.54) is 0 Å². The summed E-state index contributed by atoms with van der Waals surface area (Å²) in [5.74, 6) is 3.51. The normalized spacial score (nSPS) is 12.5. The Kier molecular flexibility index (Phi) is 3.56. The van der Waals surface area contributed by atoms with Crippen molar-refractivity contribution >= 4 is 38.6 Å². The molecular weight excluding hydrogens is 434 g/mol. The SMILES string of the molecule is CCc1nc2cccc3c2n1-c1cc(-c2nc4ccccc4c4nc5ccccc5n24)ccc1O3. The molecule has 1 aliphatic heterocycles. The van der Waals surface area contributed by atoms with Gasteiger partial charge in [0, 0.05) is 17.4 Å². The van der Waals surface area contributed by atoms with E-state index in [1.54, 1.807) is 0 Å². The lowest BCUT2D eigenvalue weighted by atomic mass is 10.1. The Balaban J connectivity index is 1.47. The number of nitrogens with zero attached hydrogens (tertiary/aromatic N) is 5. The molecule has 4 aromatic carbocycles. The first-order valence-electron chi connectivity index (χ1n) is 11.8. The predicted molar refractivity (Wildman–Crippen MR) is 138 cm³/mol. The summed E-state index contributed by atoms with van der Waals surface area (Å²) in [6.07, 6.45) is 0.822. The van der Waals surface area contributed by atoms with E-state index in [0.717, 1.165) is 79.4 Å². The molecule has 0 saturated carbocycles. The van der Waals surface area contributed by atoms with Crippen LogP contribution >= 0.6 is 0 Å². The van der Waals surface area contributed by atoms with Gasteiger partial charge in [0.25, 0.3) is 0 Å². The Morgan fingerprint density at radius 1 is 0.743 bits per heavy atom. The highest BCUT2D eigenvalue weighted by Gasteiger charge is 2.25. The number of aryl methyl sites for hydroxylation is 1. The maximum Gasteiger partial charge on any atom is 0.153 e.